The minimum absolute atomic E-state index is 0.495. The van der Waals surface area contributed by atoms with E-state index < -0.39 is 24.6 Å². The molecule has 3 N–H and O–H groups in total. The molecule has 7 heteroatoms. The zero-order valence-corrected chi connectivity index (χ0v) is 9.58. The Morgan fingerprint density at radius 1 is 1.53 bits per heavy atom. The molecule has 15 heavy (non-hydrogen) atoms. The van der Waals surface area contributed by atoms with Crippen molar-refractivity contribution in [1.29, 1.82) is 0 Å². The predicted molar refractivity (Wildman–Crippen MR) is 58.1 cm³/mol. The average Bonchev–Trinajstić information content (AvgIpc) is 2.21. The lowest BCUT2D eigenvalue weighted by Crippen LogP contribution is -2.48. The molecular formula is C8H16N2O4S. The van der Waals surface area contributed by atoms with Crippen LogP contribution < -0.4 is 5.32 Å². The first-order chi connectivity index (χ1) is 7.02. The molecule has 0 rings (SSSR count). The van der Waals surface area contributed by atoms with E-state index in [-0.39, 0.29) is 0 Å². The van der Waals surface area contributed by atoms with Crippen molar-refractivity contribution in [3.8, 4) is 0 Å². The summed E-state index contributed by atoms with van der Waals surface area (Å²) >= 11 is 1.59. The van der Waals surface area contributed by atoms with E-state index in [9.17, 15) is 9.59 Å². The molecule has 2 amide bonds. The summed E-state index contributed by atoms with van der Waals surface area (Å²) in [5.74, 6) is -0.468. The minimum atomic E-state index is -1.25. The summed E-state index contributed by atoms with van der Waals surface area (Å²) in [5.41, 5.74) is 0. The number of urea groups is 1. The Labute approximate surface area is 92.6 Å². The van der Waals surface area contributed by atoms with Gasteiger partial charge in [-0.1, -0.05) is 0 Å². The number of aliphatic hydroxyl groups excluding tert-OH is 1. The lowest BCUT2D eigenvalue weighted by atomic mass is 10.3. The highest BCUT2D eigenvalue weighted by atomic mass is 32.2. The van der Waals surface area contributed by atoms with Crippen LogP contribution in [0.2, 0.25) is 0 Å². The van der Waals surface area contributed by atoms with Crippen molar-refractivity contribution in [2.75, 3.05) is 32.2 Å². The van der Waals surface area contributed by atoms with Crippen molar-refractivity contribution in [1.82, 2.24) is 10.2 Å². The van der Waals surface area contributed by atoms with Gasteiger partial charge in [0.25, 0.3) is 0 Å². The van der Waals surface area contributed by atoms with Crippen molar-refractivity contribution in [2.45, 2.75) is 6.04 Å². The van der Waals surface area contributed by atoms with Crippen LogP contribution in [0.3, 0.4) is 0 Å². The van der Waals surface area contributed by atoms with Crippen molar-refractivity contribution < 1.29 is 19.8 Å². The van der Waals surface area contributed by atoms with Gasteiger partial charge >= 0.3 is 12.0 Å². The van der Waals surface area contributed by atoms with Crippen LogP contribution in [0.4, 0.5) is 4.79 Å². The molecule has 0 aliphatic carbocycles. The molecule has 0 aromatic rings. The fraction of sp³-hybridized carbons (Fsp3) is 0.750. The third-order valence-corrected chi connectivity index (χ3v) is 2.35. The fourth-order valence-electron chi connectivity index (χ4n) is 0.774. The van der Waals surface area contributed by atoms with Crippen LogP contribution in [0.5, 0.6) is 0 Å². The monoisotopic (exact) mass is 236 g/mol. The number of aliphatic carboxylic acids is 1. The molecule has 0 aromatic heterocycles. The summed E-state index contributed by atoms with van der Waals surface area (Å²) < 4.78 is 0. The third kappa shape index (κ3) is 5.48. The maximum atomic E-state index is 11.4. The number of carboxylic acid groups (broad SMARTS) is 1. The van der Waals surface area contributed by atoms with Gasteiger partial charge < -0.3 is 20.4 Å². The second kappa shape index (κ2) is 7.36. The summed E-state index contributed by atoms with van der Waals surface area (Å²) in [5, 5.41) is 19.5. The van der Waals surface area contributed by atoms with E-state index in [1.54, 1.807) is 18.8 Å². The van der Waals surface area contributed by atoms with E-state index >= 15 is 0 Å². The van der Waals surface area contributed by atoms with Crippen molar-refractivity contribution in [2.24, 2.45) is 0 Å². The number of rotatable bonds is 6. The van der Waals surface area contributed by atoms with E-state index in [2.05, 4.69) is 5.32 Å². The van der Waals surface area contributed by atoms with Gasteiger partial charge in [0.2, 0.25) is 0 Å². The lowest BCUT2D eigenvalue weighted by Gasteiger charge is -2.19. The van der Waals surface area contributed by atoms with Crippen molar-refractivity contribution >= 4 is 23.8 Å². The van der Waals surface area contributed by atoms with Gasteiger partial charge in [-0.3, -0.25) is 0 Å². The number of nitrogens with one attached hydrogen (secondary N) is 1. The molecule has 0 heterocycles. The first-order valence-electron chi connectivity index (χ1n) is 4.37. The number of hydrogen-bond acceptors (Lipinski definition) is 4. The summed E-state index contributed by atoms with van der Waals surface area (Å²) in [6.07, 6.45) is 1.92. The predicted octanol–water partition coefficient (Wildman–Crippen LogP) is -0.564. The molecule has 0 bridgehead atoms. The second-order valence-corrected chi connectivity index (χ2v) is 3.92. The number of thioether (sulfide) groups is 1. The van der Waals surface area contributed by atoms with Gasteiger partial charge in [-0.15, -0.1) is 0 Å². The van der Waals surface area contributed by atoms with Crippen LogP contribution in [-0.4, -0.2) is 65.4 Å². The molecule has 6 nitrogen and oxygen atoms in total. The van der Waals surface area contributed by atoms with E-state index in [0.717, 1.165) is 5.75 Å². The summed E-state index contributed by atoms with van der Waals surface area (Å²) in [6, 6.07) is -1.74. The molecule has 0 saturated carbocycles. The second-order valence-electron chi connectivity index (χ2n) is 2.94. The Bertz CT molecular complexity index is 225. The maximum absolute atomic E-state index is 11.4. The van der Waals surface area contributed by atoms with E-state index in [0.29, 0.717) is 6.54 Å². The third-order valence-electron chi connectivity index (χ3n) is 1.76. The maximum Gasteiger partial charge on any atom is 0.328 e. The number of carboxylic acids is 1. The molecule has 0 spiro atoms. The summed E-state index contributed by atoms with van der Waals surface area (Å²) in [7, 11) is 1.57. The molecule has 0 fully saturated rings. The van der Waals surface area contributed by atoms with E-state index in [1.165, 1.54) is 4.90 Å². The largest absolute Gasteiger partial charge is 0.480 e. The Balaban J connectivity index is 4.04. The molecule has 0 aromatic carbocycles. The Morgan fingerprint density at radius 3 is 2.53 bits per heavy atom. The topological polar surface area (TPSA) is 89.9 Å². The van der Waals surface area contributed by atoms with E-state index in [4.69, 9.17) is 10.2 Å². The number of carbonyl (C=O) groups excluding carboxylic acids is 1. The molecule has 0 aliphatic heterocycles. The molecule has 0 radical (unpaired) electrons. The zero-order chi connectivity index (χ0) is 11.8. The van der Waals surface area contributed by atoms with Crippen LogP contribution in [-0.2, 0) is 4.79 Å². The highest BCUT2D eigenvalue weighted by Gasteiger charge is 2.20. The first kappa shape index (κ1) is 14.1. The Morgan fingerprint density at radius 2 is 2.13 bits per heavy atom. The van der Waals surface area contributed by atoms with Gasteiger partial charge in [0, 0.05) is 19.3 Å². The highest BCUT2D eigenvalue weighted by Crippen LogP contribution is 1.94. The van der Waals surface area contributed by atoms with Gasteiger partial charge in [0.15, 0.2) is 6.04 Å². The molecular weight excluding hydrogens is 220 g/mol. The van der Waals surface area contributed by atoms with Crippen LogP contribution in [0.1, 0.15) is 0 Å². The van der Waals surface area contributed by atoms with Gasteiger partial charge in [-0.05, 0) is 6.26 Å². The normalized spacial score (nSPS) is 11.9. The molecule has 88 valence electrons. The van der Waals surface area contributed by atoms with E-state index in [1.807, 2.05) is 6.26 Å². The number of aliphatic hydroxyl groups is 1. The number of nitrogens with zero attached hydrogens (tertiary/aromatic N) is 1. The number of amides is 2. The zero-order valence-electron chi connectivity index (χ0n) is 8.77. The molecule has 0 aliphatic rings. The van der Waals surface area contributed by atoms with Crippen LogP contribution in [0.25, 0.3) is 0 Å². The highest BCUT2D eigenvalue weighted by molar-refractivity contribution is 7.98. The number of hydrogen-bond donors (Lipinski definition) is 3. The van der Waals surface area contributed by atoms with Gasteiger partial charge in [0.05, 0.1) is 6.61 Å². The molecule has 1 atom stereocenters. The summed E-state index contributed by atoms with van der Waals surface area (Å²) in [6.45, 7) is -0.0811. The van der Waals surface area contributed by atoms with Crippen LogP contribution in [0, 0.1) is 0 Å². The van der Waals surface area contributed by atoms with Crippen molar-refractivity contribution in [3.63, 3.8) is 0 Å². The number of carbonyl (C=O) groups is 2. The SMILES string of the molecule is CSCCN(C)C(=O)N[C@@H](CO)C(=O)O. The van der Waals surface area contributed by atoms with Gasteiger partial charge in [-0.2, -0.15) is 11.8 Å². The average molecular weight is 236 g/mol. The van der Waals surface area contributed by atoms with Crippen molar-refractivity contribution in [3.05, 3.63) is 0 Å². The molecule has 0 unspecified atom stereocenters. The smallest absolute Gasteiger partial charge is 0.328 e. The fourth-order valence-corrected chi connectivity index (χ4v) is 1.23. The van der Waals surface area contributed by atoms with Crippen LogP contribution >= 0.6 is 11.8 Å². The summed E-state index contributed by atoms with van der Waals surface area (Å²) in [4.78, 5) is 23.2. The standard InChI is InChI=1S/C8H16N2O4S/c1-10(3-4-15-2)8(14)9-6(5-11)7(12)13/h6,11H,3-5H2,1-2H3,(H,9,14)(H,12,13)/t6-/m0/s1. The molecule has 0 saturated heterocycles. The lowest BCUT2D eigenvalue weighted by molar-refractivity contribution is -0.140. The first-order valence-corrected chi connectivity index (χ1v) is 5.76. The van der Waals surface area contributed by atoms with Crippen LogP contribution in [0.15, 0.2) is 0 Å². The Hall–Kier alpha value is -0.950. The minimum Gasteiger partial charge on any atom is -0.480 e. The quantitative estimate of drug-likeness (QED) is 0.575. The van der Waals surface area contributed by atoms with Gasteiger partial charge in [-0.25, -0.2) is 9.59 Å². The Kier molecular flexibility index (Phi) is 6.89. The van der Waals surface area contributed by atoms with Gasteiger partial charge in [0.1, 0.15) is 0 Å².